The van der Waals surface area contributed by atoms with Gasteiger partial charge in [-0.15, -0.1) is 23.1 Å². The summed E-state index contributed by atoms with van der Waals surface area (Å²) in [5.74, 6) is 0. The summed E-state index contributed by atoms with van der Waals surface area (Å²) in [6.45, 7) is 0. The molecular formula is C22H21N3S2. The van der Waals surface area contributed by atoms with Gasteiger partial charge < -0.3 is 5.32 Å². The minimum Gasteiger partial charge on any atom is -0.355 e. The first-order valence-corrected chi connectivity index (χ1v) is 11.3. The van der Waals surface area contributed by atoms with Crippen molar-refractivity contribution < 1.29 is 0 Å². The zero-order valence-corrected chi connectivity index (χ0v) is 16.7. The van der Waals surface area contributed by atoms with Gasteiger partial charge in [-0.1, -0.05) is 19.3 Å². The van der Waals surface area contributed by atoms with E-state index in [1.54, 1.807) is 11.3 Å². The number of benzene rings is 2. The third-order valence-electron chi connectivity index (χ3n) is 5.18. The molecule has 2 aromatic carbocycles. The van der Waals surface area contributed by atoms with E-state index in [4.69, 9.17) is 0 Å². The summed E-state index contributed by atoms with van der Waals surface area (Å²) < 4.78 is 1.21. The normalized spacial score (nSPS) is 15.4. The minimum absolute atomic E-state index is 0.761. The summed E-state index contributed by atoms with van der Waals surface area (Å²) in [4.78, 5) is 10.3. The summed E-state index contributed by atoms with van der Waals surface area (Å²) in [6, 6.07) is 15.1. The third-order valence-corrected chi connectivity index (χ3v) is 7.32. The molecule has 0 spiro atoms. The number of anilines is 2. The fraction of sp³-hybridized carbons (Fsp3) is 0.273. The Bertz CT molecular complexity index is 1080. The quantitative estimate of drug-likeness (QED) is 0.406. The van der Waals surface area contributed by atoms with Crippen molar-refractivity contribution in [1.82, 2.24) is 9.97 Å². The average Bonchev–Trinajstić information content (AvgIpc) is 3.17. The molecule has 4 aromatic rings. The number of nitrogens with zero attached hydrogens (tertiary/aromatic N) is 2. The highest BCUT2D eigenvalue weighted by Crippen LogP contribution is 2.36. The Morgan fingerprint density at radius 3 is 2.78 bits per heavy atom. The summed E-state index contributed by atoms with van der Waals surface area (Å²) in [5.41, 5.74) is 6.12. The lowest BCUT2D eigenvalue weighted by Gasteiger charge is -2.21. The number of thiazole rings is 1. The molecule has 27 heavy (non-hydrogen) atoms. The predicted octanol–water partition coefficient (Wildman–Crippen LogP) is 7.01. The topological polar surface area (TPSA) is 37.8 Å². The number of aromatic nitrogens is 2. The Hall–Kier alpha value is -2.11. The van der Waals surface area contributed by atoms with Gasteiger partial charge in [0.2, 0.25) is 0 Å². The molecule has 0 atom stereocenters. The van der Waals surface area contributed by atoms with E-state index in [-0.39, 0.29) is 0 Å². The van der Waals surface area contributed by atoms with Gasteiger partial charge in [-0.05, 0) is 55.3 Å². The van der Waals surface area contributed by atoms with E-state index < -0.39 is 0 Å². The molecule has 0 unspecified atom stereocenters. The van der Waals surface area contributed by atoms with Crippen molar-refractivity contribution in [3.05, 3.63) is 54.2 Å². The number of rotatable bonds is 4. The molecule has 0 bridgehead atoms. The van der Waals surface area contributed by atoms with E-state index >= 15 is 0 Å². The molecule has 3 nitrogen and oxygen atoms in total. The first-order chi connectivity index (χ1) is 13.3. The lowest BCUT2D eigenvalue weighted by Crippen LogP contribution is -2.07. The molecule has 1 saturated carbocycles. The van der Waals surface area contributed by atoms with Crippen LogP contribution in [0.15, 0.2) is 59.1 Å². The highest BCUT2D eigenvalue weighted by Gasteiger charge is 2.15. The van der Waals surface area contributed by atoms with Crippen LogP contribution in [0.25, 0.3) is 21.1 Å². The molecule has 0 radical (unpaired) electrons. The molecule has 1 N–H and O–H groups in total. The van der Waals surface area contributed by atoms with Crippen LogP contribution in [0.1, 0.15) is 32.1 Å². The largest absolute Gasteiger partial charge is 0.355 e. The van der Waals surface area contributed by atoms with E-state index in [1.165, 1.54) is 47.1 Å². The van der Waals surface area contributed by atoms with E-state index in [1.807, 2.05) is 23.5 Å². The van der Waals surface area contributed by atoms with Crippen LogP contribution in [-0.2, 0) is 0 Å². The maximum Gasteiger partial charge on any atom is 0.0832 e. The van der Waals surface area contributed by atoms with Crippen LogP contribution in [0.3, 0.4) is 0 Å². The van der Waals surface area contributed by atoms with E-state index in [0.29, 0.717) is 0 Å². The molecule has 1 aliphatic carbocycles. The third kappa shape index (κ3) is 3.66. The molecule has 1 aliphatic rings. The van der Waals surface area contributed by atoms with Crippen LogP contribution in [0.4, 0.5) is 11.4 Å². The highest BCUT2D eigenvalue weighted by atomic mass is 32.2. The minimum atomic E-state index is 0.761. The first kappa shape index (κ1) is 17.0. The molecule has 0 saturated heterocycles. The zero-order chi connectivity index (χ0) is 18.1. The van der Waals surface area contributed by atoms with Gasteiger partial charge in [0.15, 0.2) is 0 Å². The number of hydrogen-bond donors (Lipinski definition) is 1. The van der Waals surface area contributed by atoms with E-state index in [9.17, 15) is 0 Å². The van der Waals surface area contributed by atoms with Gasteiger partial charge in [0.25, 0.3) is 0 Å². The predicted molar refractivity (Wildman–Crippen MR) is 117 cm³/mol. The van der Waals surface area contributed by atoms with Crippen molar-refractivity contribution in [3.8, 4) is 0 Å². The van der Waals surface area contributed by atoms with Crippen LogP contribution < -0.4 is 5.32 Å². The van der Waals surface area contributed by atoms with Gasteiger partial charge in [-0.25, -0.2) is 4.98 Å². The lowest BCUT2D eigenvalue weighted by molar-refractivity contribution is 0.516. The molecule has 5 rings (SSSR count). The molecule has 2 heterocycles. The molecule has 0 aliphatic heterocycles. The monoisotopic (exact) mass is 391 g/mol. The first-order valence-electron chi connectivity index (χ1n) is 9.51. The number of thioether (sulfide) groups is 1. The van der Waals surface area contributed by atoms with Crippen molar-refractivity contribution in [3.63, 3.8) is 0 Å². The van der Waals surface area contributed by atoms with Crippen molar-refractivity contribution in [2.24, 2.45) is 0 Å². The molecule has 0 amide bonds. The second kappa shape index (κ2) is 7.49. The smallest absolute Gasteiger partial charge is 0.0832 e. The van der Waals surface area contributed by atoms with Crippen molar-refractivity contribution >= 4 is 55.6 Å². The molecule has 136 valence electrons. The standard InChI is InChI=1S/C22H21N3S2/c1-2-4-16(5-3-1)27-17-7-8-19-18(13-17)20(10-11-23-19)25-15-6-9-22-21(12-15)24-14-26-22/h6-14,16H,1-5H2,(H,23,25). The molecule has 1 fully saturated rings. The molecule has 5 heteroatoms. The number of pyridine rings is 1. The fourth-order valence-electron chi connectivity index (χ4n) is 3.77. The van der Waals surface area contributed by atoms with E-state index in [2.05, 4.69) is 57.7 Å². The van der Waals surface area contributed by atoms with Crippen LogP contribution in [-0.4, -0.2) is 15.2 Å². The summed E-state index contributed by atoms with van der Waals surface area (Å²) in [7, 11) is 0. The van der Waals surface area contributed by atoms with E-state index in [0.717, 1.165) is 27.7 Å². The van der Waals surface area contributed by atoms with Crippen LogP contribution in [0.2, 0.25) is 0 Å². The van der Waals surface area contributed by atoms with Crippen molar-refractivity contribution in [1.29, 1.82) is 0 Å². The Balaban J connectivity index is 1.46. The molecule has 2 aromatic heterocycles. The maximum absolute atomic E-state index is 4.55. The van der Waals surface area contributed by atoms with Gasteiger partial charge in [0, 0.05) is 33.1 Å². The van der Waals surface area contributed by atoms with Gasteiger partial charge in [0.05, 0.1) is 21.2 Å². The van der Waals surface area contributed by atoms with Crippen LogP contribution in [0.5, 0.6) is 0 Å². The summed E-state index contributed by atoms with van der Waals surface area (Å²) in [6.07, 6.45) is 8.70. The zero-order valence-electron chi connectivity index (χ0n) is 15.0. The Kier molecular flexibility index (Phi) is 4.72. The second-order valence-electron chi connectivity index (χ2n) is 7.08. The van der Waals surface area contributed by atoms with Gasteiger partial charge in [-0.2, -0.15) is 0 Å². The highest BCUT2D eigenvalue weighted by molar-refractivity contribution is 8.00. The van der Waals surface area contributed by atoms with Gasteiger partial charge in [-0.3, -0.25) is 4.98 Å². The molecular weight excluding hydrogens is 370 g/mol. The van der Waals surface area contributed by atoms with Gasteiger partial charge in [0.1, 0.15) is 0 Å². The number of hydrogen-bond acceptors (Lipinski definition) is 5. The van der Waals surface area contributed by atoms with Crippen LogP contribution in [0, 0.1) is 0 Å². The summed E-state index contributed by atoms with van der Waals surface area (Å²) >= 11 is 3.70. The fourth-order valence-corrected chi connectivity index (χ4v) is 5.72. The summed E-state index contributed by atoms with van der Waals surface area (Å²) in [5, 5.41) is 5.51. The maximum atomic E-state index is 4.55. The Labute approximate surface area is 167 Å². The SMILES string of the molecule is c1cc(Nc2ccc3scnc3c2)c2cc(SC3CCCCC3)ccc2n1. The average molecular weight is 392 g/mol. The number of nitrogens with one attached hydrogen (secondary N) is 1. The second-order valence-corrected chi connectivity index (χ2v) is 9.34. The number of fused-ring (bicyclic) bond motifs is 2. The Morgan fingerprint density at radius 2 is 1.85 bits per heavy atom. The lowest BCUT2D eigenvalue weighted by atomic mass is 10.0. The van der Waals surface area contributed by atoms with Crippen molar-refractivity contribution in [2.75, 3.05) is 5.32 Å². The van der Waals surface area contributed by atoms with Gasteiger partial charge >= 0.3 is 0 Å². The Morgan fingerprint density at radius 1 is 0.926 bits per heavy atom. The van der Waals surface area contributed by atoms with Crippen LogP contribution >= 0.6 is 23.1 Å². The van der Waals surface area contributed by atoms with Crippen molar-refractivity contribution in [2.45, 2.75) is 42.2 Å².